The summed E-state index contributed by atoms with van der Waals surface area (Å²) >= 11 is 0. The smallest absolute Gasteiger partial charge is 0.262 e. The van der Waals surface area contributed by atoms with Gasteiger partial charge >= 0.3 is 0 Å². The maximum Gasteiger partial charge on any atom is 0.262 e. The standard InChI is InChI=1S/C24H28N4O2/c1-17-5-4-6-20(13-17)30-16-24(29)25-19-7-8-22-21(15-19)18(2)14-23(26-22)28-11-9-27(3)10-12-28/h4-8,13-15H,9-12,16H2,1-3H3,(H,25,29). The first-order valence-corrected chi connectivity index (χ1v) is 10.3. The summed E-state index contributed by atoms with van der Waals surface area (Å²) in [6.45, 7) is 8.14. The van der Waals surface area contributed by atoms with E-state index in [4.69, 9.17) is 9.72 Å². The number of fused-ring (bicyclic) bond motifs is 1. The van der Waals surface area contributed by atoms with Crippen LogP contribution >= 0.6 is 0 Å². The Balaban J connectivity index is 1.44. The molecule has 1 fully saturated rings. The first-order valence-electron chi connectivity index (χ1n) is 10.3. The molecule has 2 aromatic carbocycles. The third kappa shape index (κ3) is 4.71. The number of benzene rings is 2. The van der Waals surface area contributed by atoms with Crippen molar-refractivity contribution in [3.63, 3.8) is 0 Å². The summed E-state index contributed by atoms with van der Waals surface area (Å²) < 4.78 is 5.59. The van der Waals surface area contributed by atoms with E-state index < -0.39 is 0 Å². The van der Waals surface area contributed by atoms with Crippen molar-refractivity contribution < 1.29 is 9.53 Å². The van der Waals surface area contributed by atoms with E-state index in [9.17, 15) is 4.79 Å². The number of carbonyl (C=O) groups excluding carboxylic acids is 1. The highest BCUT2D eigenvalue weighted by Gasteiger charge is 2.16. The summed E-state index contributed by atoms with van der Waals surface area (Å²) in [7, 11) is 2.15. The fourth-order valence-corrected chi connectivity index (χ4v) is 3.70. The van der Waals surface area contributed by atoms with E-state index in [2.05, 4.69) is 35.2 Å². The zero-order valence-corrected chi connectivity index (χ0v) is 17.8. The van der Waals surface area contributed by atoms with Crippen molar-refractivity contribution >= 4 is 28.3 Å². The highest BCUT2D eigenvalue weighted by Crippen LogP contribution is 2.26. The van der Waals surface area contributed by atoms with Crippen molar-refractivity contribution in [1.82, 2.24) is 9.88 Å². The fourth-order valence-electron chi connectivity index (χ4n) is 3.70. The van der Waals surface area contributed by atoms with Gasteiger partial charge in [-0.25, -0.2) is 4.98 Å². The second kappa shape index (κ2) is 8.71. The van der Waals surface area contributed by atoms with Crippen LogP contribution in [0.15, 0.2) is 48.5 Å². The van der Waals surface area contributed by atoms with Crippen LogP contribution in [-0.4, -0.2) is 55.6 Å². The Labute approximate surface area is 177 Å². The number of hydrogen-bond donors (Lipinski definition) is 1. The lowest BCUT2D eigenvalue weighted by molar-refractivity contribution is -0.118. The molecule has 3 aromatic rings. The van der Waals surface area contributed by atoms with E-state index in [-0.39, 0.29) is 12.5 Å². The Bertz CT molecular complexity index is 1060. The van der Waals surface area contributed by atoms with Crippen molar-refractivity contribution in [2.75, 3.05) is 50.1 Å². The van der Waals surface area contributed by atoms with E-state index >= 15 is 0 Å². The van der Waals surface area contributed by atoms with Crippen molar-refractivity contribution in [2.45, 2.75) is 13.8 Å². The average molecular weight is 405 g/mol. The molecule has 1 aliphatic rings. The Morgan fingerprint density at radius 1 is 1.07 bits per heavy atom. The lowest BCUT2D eigenvalue weighted by atomic mass is 10.1. The molecule has 156 valence electrons. The van der Waals surface area contributed by atoms with Gasteiger partial charge in [0.1, 0.15) is 11.6 Å². The fraction of sp³-hybridized carbons (Fsp3) is 0.333. The Kier molecular flexibility index (Phi) is 5.86. The van der Waals surface area contributed by atoms with Gasteiger partial charge in [0.15, 0.2) is 6.61 Å². The SMILES string of the molecule is Cc1cccc(OCC(=O)Nc2ccc3nc(N4CCN(C)CC4)cc(C)c3c2)c1. The molecule has 0 radical (unpaired) electrons. The van der Waals surface area contributed by atoms with E-state index in [1.807, 2.05) is 49.4 Å². The summed E-state index contributed by atoms with van der Waals surface area (Å²) in [6, 6.07) is 15.7. The molecular formula is C24H28N4O2. The van der Waals surface area contributed by atoms with Gasteiger partial charge < -0.3 is 19.9 Å². The second-order valence-corrected chi connectivity index (χ2v) is 7.97. The van der Waals surface area contributed by atoms with Crippen LogP contribution in [0.1, 0.15) is 11.1 Å². The lowest BCUT2D eigenvalue weighted by Crippen LogP contribution is -2.44. The molecule has 1 saturated heterocycles. The number of nitrogens with zero attached hydrogens (tertiary/aromatic N) is 3. The first-order chi connectivity index (χ1) is 14.5. The highest BCUT2D eigenvalue weighted by molar-refractivity contribution is 5.95. The third-order valence-corrected chi connectivity index (χ3v) is 5.47. The maximum absolute atomic E-state index is 12.3. The monoisotopic (exact) mass is 404 g/mol. The number of rotatable bonds is 5. The van der Waals surface area contributed by atoms with E-state index in [1.54, 1.807) is 0 Å². The zero-order chi connectivity index (χ0) is 21.1. The van der Waals surface area contributed by atoms with Crippen LogP contribution in [0.3, 0.4) is 0 Å². The summed E-state index contributed by atoms with van der Waals surface area (Å²) in [6.07, 6.45) is 0. The topological polar surface area (TPSA) is 57.7 Å². The molecule has 1 aromatic heterocycles. The van der Waals surface area contributed by atoms with E-state index in [1.165, 1.54) is 0 Å². The quantitative estimate of drug-likeness (QED) is 0.704. The Morgan fingerprint density at radius 2 is 1.87 bits per heavy atom. The number of anilines is 2. The van der Waals surface area contributed by atoms with Gasteiger partial charge in [0, 0.05) is 37.3 Å². The summed E-state index contributed by atoms with van der Waals surface area (Å²) in [5, 5.41) is 3.97. The van der Waals surface area contributed by atoms with Crippen LogP contribution in [0.25, 0.3) is 10.9 Å². The number of likely N-dealkylation sites (N-methyl/N-ethyl adjacent to an activating group) is 1. The van der Waals surface area contributed by atoms with Gasteiger partial charge in [0.2, 0.25) is 0 Å². The average Bonchev–Trinajstić information content (AvgIpc) is 2.73. The number of aromatic nitrogens is 1. The van der Waals surface area contributed by atoms with Gasteiger partial charge in [-0.3, -0.25) is 4.79 Å². The van der Waals surface area contributed by atoms with E-state index in [0.29, 0.717) is 5.75 Å². The predicted molar refractivity (Wildman–Crippen MR) is 121 cm³/mol. The molecule has 0 aliphatic carbocycles. The number of nitrogens with one attached hydrogen (secondary N) is 1. The number of amides is 1. The van der Waals surface area contributed by atoms with Crippen LogP contribution in [0.2, 0.25) is 0 Å². The molecule has 1 amide bonds. The van der Waals surface area contributed by atoms with Gasteiger partial charge in [0.25, 0.3) is 5.91 Å². The number of carbonyl (C=O) groups is 1. The third-order valence-electron chi connectivity index (χ3n) is 5.47. The molecule has 1 aliphatic heterocycles. The Morgan fingerprint density at radius 3 is 2.63 bits per heavy atom. The molecule has 0 unspecified atom stereocenters. The lowest BCUT2D eigenvalue weighted by Gasteiger charge is -2.33. The molecule has 4 rings (SSSR count). The van der Waals surface area contributed by atoms with Crippen LogP contribution in [0, 0.1) is 13.8 Å². The van der Waals surface area contributed by atoms with Gasteiger partial charge in [-0.15, -0.1) is 0 Å². The molecular weight excluding hydrogens is 376 g/mol. The molecule has 0 bridgehead atoms. The molecule has 1 N–H and O–H groups in total. The maximum atomic E-state index is 12.3. The van der Waals surface area contributed by atoms with E-state index in [0.717, 1.165) is 59.7 Å². The molecule has 0 atom stereocenters. The number of ether oxygens (including phenoxy) is 1. The number of pyridine rings is 1. The number of aryl methyl sites for hydroxylation is 2. The van der Waals surface area contributed by atoms with Crippen LogP contribution in [-0.2, 0) is 4.79 Å². The van der Waals surface area contributed by atoms with Crippen LogP contribution in [0.5, 0.6) is 5.75 Å². The molecule has 6 nitrogen and oxygen atoms in total. The minimum atomic E-state index is -0.185. The van der Waals surface area contributed by atoms with Crippen LogP contribution in [0.4, 0.5) is 11.5 Å². The summed E-state index contributed by atoms with van der Waals surface area (Å²) in [4.78, 5) is 21.8. The minimum absolute atomic E-state index is 0.0267. The summed E-state index contributed by atoms with van der Waals surface area (Å²) in [5.74, 6) is 1.53. The zero-order valence-electron chi connectivity index (χ0n) is 17.8. The largest absolute Gasteiger partial charge is 0.484 e. The van der Waals surface area contributed by atoms with Crippen LogP contribution < -0.4 is 15.0 Å². The normalized spacial score (nSPS) is 14.7. The van der Waals surface area contributed by atoms with Gasteiger partial charge in [-0.1, -0.05) is 12.1 Å². The number of hydrogen-bond acceptors (Lipinski definition) is 5. The molecule has 6 heteroatoms. The van der Waals surface area contributed by atoms with Gasteiger partial charge in [-0.2, -0.15) is 0 Å². The van der Waals surface area contributed by atoms with Gasteiger partial charge in [-0.05, 0) is 68.4 Å². The molecule has 0 saturated carbocycles. The molecule has 2 heterocycles. The Hall–Kier alpha value is -3.12. The van der Waals surface area contributed by atoms with Crippen molar-refractivity contribution in [3.05, 3.63) is 59.7 Å². The van der Waals surface area contributed by atoms with Gasteiger partial charge in [0.05, 0.1) is 5.52 Å². The number of piperazine rings is 1. The highest BCUT2D eigenvalue weighted by atomic mass is 16.5. The summed E-state index contributed by atoms with van der Waals surface area (Å²) in [5.41, 5.74) is 3.94. The predicted octanol–water partition coefficient (Wildman–Crippen LogP) is 3.62. The molecule has 0 spiro atoms. The minimum Gasteiger partial charge on any atom is -0.484 e. The van der Waals surface area contributed by atoms with Crippen molar-refractivity contribution in [1.29, 1.82) is 0 Å². The second-order valence-electron chi connectivity index (χ2n) is 7.97. The van der Waals surface area contributed by atoms with Crippen molar-refractivity contribution in [2.24, 2.45) is 0 Å². The molecule has 30 heavy (non-hydrogen) atoms. The van der Waals surface area contributed by atoms with Crippen molar-refractivity contribution in [3.8, 4) is 5.75 Å². The first kappa shape index (κ1) is 20.2.